The number of nitrogens with zero attached hydrogens (tertiary/aromatic N) is 1. The molecule has 0 saturated heterocycles. The van der Waals surface area contributed by atoms with E-state index in [9.17, 15) is 14.1 Å². The third-order valence-electron chi connectivity index (χ3n) is 5.36. The second kappa shape index (κ2) is 6.67. The average Bonchev–Trinajstić information content (AvgIpc) is 3.33. The van der Waals surface area contributed by atoms with Crippen LogP contribution < -0.4 is 10.5 Å². The van der Waals surface area contributed by atoms with Crippen molar-refractivity contribution in [3.8, 4) is 0 Å². The molecule has 1 aromatic heterocycles. The number of furan rings is 1. The first kappa shape index (κ1) is 19.1. The van der Waals surface area contributed by atoms with Crippen LogP contribution in [0, 0.1) is 6.08 Å². The number of aliphatic hydroxyl groups is 1. The minimum atomic E-state index is -3.57. The standard InChI is InChI=1S/C20H23N3O4S/c1-20(2,25)14-10-17(27-11-14)28(21,26)23-19(24)22-18-15-7-3-5-12(15)9-13-6-4-8-16(13)18/h10-11,25H,3-8H2,1-2H3,(H2-,21,22,23,24,26)/p+1. The van der Waals surface area contributed by atoms with Crippen LogP contribution in [-0.4, -0.2) is 15.3 Å². The maximum Gasteiger partial charge on any atom is 0.356 e. The lowest BCUT2D eigenvalue weighted by molar-refractivity contribution is 0.0779. The van der Waals surface area contributed by atoms with Crippen molar-refractivity contribution < 1.29 is 18.5 Å². The van der Waals surface area contributed by atoms with Crippen molar-refractivity contribution in [3.05, 3.63) is 52.0 Å². The lowest BCUT2D eigenvalue weighted by Crippen LogP contribution is -2.26. The fourth-order valence-corrected chi connectivity index (χ4v) is 4.78. The predicted octanol–water partition coefficient (Wildman–Crippen LogP) is 3.58. The Hall–Kier alpha value is -2.25. The van der Waals surface area contributed by atoms with Crippen LogP contribution in [0.4, 0.5) is 4.79 Å². The van der Waals surface area contributed by atoms with Gasteiger partial charge in [-0.25, -0.2) is 14.1 Å². The van der Waals surface area contributed by atoms with E-state index in [4.69, 9.17) is 9.56 Å². The molecular formula is C20H24N3O4S+. The molecule has 8 heteroatoms. The molecule has 3 aliphatic carbocycles. The maximum absolute atomic E-state index is 12.8. The van der Waals surface area contributed by atoms with E-state index in [0.717, 1.165) is 66.5 Å². The highest BCUT2D eigenvalue weighted by Gasteiger charge is 2.38. The summed E-state index contributed by atoms with van der Waals surface area (Å²) in [6.07, 6.45) is 10.5. The van der Waals surface area contributed by atoms with Crippen LogP contribution in [0.1, 0.15) is 57.9 Å². The molecule has 1 atom stereocenters. The topological polar surface area (TPSA) is 118 Å². The molecule has 4 N–H and O–H groups in total. The lowest BCUT2D eigenvalue weighted by atomic mass is 9.92. The summed E-state index contributed by atoms with van der Waals surface area (Å²) in [6.45, 7) is 3.13. The number of carbonyl (C=O) groups is 1. The SMILES string of the molecule is CC(C)(O)c1coc(S(N)(=O)=NC(=O)NC2=C3CCCC3=[C+]C3=C2CCC3)c1. The van der Waals surface area contributed by atoms with Gasteiger partial charge in [-0.3, -0.25) is 5.32 Å². The highest BCUT2D eigenvalue weighted by atomic mass is 32.2. The van der Waals surface area contributed by atoms with Gasteiger partial charge in [0.25, 0.3) is 0 Å². The largest absolute Gasteiger partial charge is 0.453 e. The number of urea groups is 1. The average molecular weight is 402 g/mol. The maximum atomic E-state index is 12.8. The van der Waals surface area contributed by atoms with Gasteiger partial charge < -0.3 is 9.52 Å². The van der Waals surface area contributed by atoms with Crippen molar-refractivity contribution in [2.24, 2.45) is 9.50 Å². The first-order valence-electron chi connectivity index (χ1n) is 9.41. The number of hydrogen-bond donors (Lipinski definition) is 3. The van der Waals surface area contributed by atoms with E-state index in [1.54, 1.807) is 13.8 Å². The van der Waals surface area contributed by atoms with E-state index in [1.165, 1.54) is 12.3 Å². The van der Waals surface area contributed by atoms with E-state index >= 15 is 0 Å². The molecule has 1 heterocycles. The predicted molar refractivity (Wildman–Crippen MR) is 104 cm³/mol. The van der Waals surface area contributed by atoms with Crippen LogP contribution in [-0.2, 0) is 15.5 Å². The third-order valence-corrected chi connectivity index (χ3v) is 6.59. The van der Waals surface area contributed by atoms with Crippen molar-refractivity contribution in [2.45, 2.75) is 63.1 Å². The third kappa shape index (κ3) is 3.44. The number of fused-ring (bicyclic) bond motifs is 1. The van der Waals surface area contributed by atoms with Crippen LogP contribution in [0.15, 0.2) is 54.2 Å². The summed E-state index contributed by atoms with van der Waals surface area (Å²) in [5, 5.41) is 18.5. The van der Waals surface area contributed by atoms with Gasteiger partial charge in [0, 0.05) is 43.4 Å². The first-order chi connectivity index (χ1) is 13.1. The zero-order valence-electron chi connectivity index (χ0n) is 16.0. The zero-order chi connectivity index (χ0) is 20.1. The summed E-state index contributed by atoms with van der Waals surface area (Å²) >= 11 is 0. The van der Waals surface area contributed by atoms with Crippen molar-refractivity contribution in [1.82, 2.24) is 5.32 Å². The Morgan fingerprint density at radius 3 is 2.71 bits per heavy atom. The molecular weight excluding hydrogens is 378 g/mol. The molecule has 2 amide bonds. The molecule has 7 nitrogen and oxygen atoms in total. The summed E-state index contributed by atoms with van der Waals surface area (Å²) in [5.74, 6) is 0. The number of rotatable bonds is 3. The quantitative estimate of drug-likeness (QED) is 0.670. The number of allylic oxidation sites excluding steroid dienone is 5. The van der Waals surface area contributed by atoms with Crippen LogP contribution in [0.5, 0.6) is 0 Å². The Bertz CT molecular complexity index is 1060. The van der Waals surface area contributed by atoms with E-state index in [1.807, 2.05) is 0 Å². The van der Waals surface area contributed by atoms with Crippen molar-refractivity contribution >= 4 is 15.9 Å². The number of amides is 2. The van der Waals surface area contributed by atoms with E-state index in [2.05, 4.69) is 15.8 Å². The van der Waals surface area contributed by atoms with Gasteiger partial charge in [0.15, 0.2) is 15.6 Å². The highest BCUT2D eigenvalue weighted by molar-refractivity contribution is 7.91. The Morgan fingerprint density at radius 2 is 2.00 bits per heavy atom. The molecule has 28 heavy (non-hydrogen) atoms. The van der Waals surface area contributed by atoms with Crippen LogP contribution in [0.25, 0.3) is 0 Å². The van der Waals surface area contributed by atoms with Gasteiger partial charge in [-0.15, -0.1) is 4.36 Å². The second-order valence-corrected chi connectivity index (χ2v) is 9.65. The molecule has 3 aliphatic rings. The Balaban J connectivity index is 1.62. The number of hydrogen-bond acceptors (Lipinski definition) is 4. The first-order valence-corrected chi connectivity index (χ1v) is 11.0. The molecule has 0 radical (unpaired) electrons. The minimum absolute atomic E-state index is 0.142. The summed E-state index contributed by atoms with van der Waals surface area (Å²) in [7, 11) is -3.57. The zero-order valence-corrected chi connectivity index (χ0v) is 16.8. The number of nitrogens with two attached hydrogens (primary N) is 1. The number of carbonyl (C=O) groups excluding carboxylic acids is 1. The molecule has 0 spiro atoms. The van der Waals surface area contributed by atoms with Crippen molar-refractivity contribution in [3.63, 3.8) is 0 Å². The molecule has 0 bridgehead atoms. The van der Waals surface area contributed by atoms with E-state index in [-0.39, 0.29) is 5.09 Å². The second-order valence-electron chi connectivity index (χ2n) is 7.92. The molecule has 1 fully saturated rings. The van der Waals surface area contributed by atoms with Crippen molar-refractivity contribution in [1.29, 1.82) is 0 Å². The van der Waals surface area contributed by atoms with Gasteiger partial charge in [0.05, 0.1) is 23.0 Å². The molecule has 0 aliphatic heterocycles. The summed E-state index contributed by atoms with van der Waals surface area (Å²) in [5.41, 5.74) is 4.55. The lowest BCUT2D eigenvalue weighted by Gasteiger charge is -2.13. The minimum Gasteiger partial charge on any atom is -0.453 e. The molecule has 4 rings (SSSR count). The summed E-state index contributed by atoms with van der Waals surface area (Å²) < 4.78 is 21.7. The van der Waals surface area contributed by atoms with Gasteiger partial charge in [0.1, 0.15) is 11.1 Å². The Morgan fingerprint density at radius 1 is 1.29 bits per heavy atom. The fraction of sp³-hybridized carbons (Fsp3) is 0.450. The smallest absolute Gasteiger partial charge is 0.356 e. The van der Waals surface area contributed by atoms with Gasteiger partial charge in [-0.2, -0.15) is 0 Å². The van der Waals surface area contributed by atoms with Gasteiger partial charge in [-0.1, -0.05) is 0 Å². The van der Waals surface area contributed by atoms with Crippen molar-refractivity contribution in [2.75, 3.05) is 0 Å². The van der Waals surface area contributed by atoms with Gasteiger partial charge >= 0.3 is 6.03 Å². The van der Waals surface area contributed by atoms with E-state index < -0.39 is 21.5 Å². The molecule has 0 aromatic carbocycles. The molecule has 148 valence electrons. The normalized spacial score (nSPS) is 20.9. The highest BCUT2D eigenvalue weighted by Crippen LogP contribution is 2.43. The molecule has 1 saturated carbocycles. The molecule has 1 aromatic rings. The Labute approximate surface area is 164 Å². The monoisotopic (exact) mass is 402 g/mol. The Kier molecular flexibility index (Phi) is 4.55. The van der Waals surface area contributed by atoms with Crippen LogP contribution >= 0.6 is 0 Å². The number of nitrogens with one attached hydrogen (secondary N) is 1. The fourth-order valence-electron chi connectivity index (χ4n) is 3.92. The van der Waals surface area contributed by atoms with Crippen LogP contribution in [0.3, 0.4) is 0 Å². The van der Waals surface area contributed by atoms with Gasteiger partial charge in [-0.05, 0) is 26.7 Å². The van der Waals surface area contributed by atoms with Gasteiger partial charge in [0.2, 0.25) is 5.09 Å². The summed E-state index contributed by atoms with van der Waals surface area (Å²) in [4.78, 5) is 12.6. The molecule has 1 unspecified atom stereocenters. The van der Waals surface area contributed by atoms with Crippen LogP contribution in [0.2, 0.25) is 0 Å². The summed E-state index contributed by atoms with van der Waals surface area (Å²) in [6, 6.07) is 0.606. The van der Waals surface area contributed by atoms with E-state index in [0.29, 0.717) is 5.56 Å².